The molecule has 19 heavy (non-hydrogen) atoms. The highest BCUT2D eigenvalue weighted by Gasteiger charge is 2.09. The Labute approximate surface area is 114 Å². The van der Waals surface area contributed by atoms with Gasteiger partial charge >= 0.3 is 12.0 Å². The van der Waals surface area contributed by atoms with E-state index in [1.165, 1.54) is 18.4 Å². The van der Waals surface area contributed by atoms with Gasteiger partial charge in [-0.3, -0.25) is 4.79 Å². The van der Waals surface area contributed by atoms with E-state index in [-0.39, 0.29) is 18.4 Å². The normalized spacial score (nSPS) is 16.4. The van der Waals surface area contributed by atoms with Gasteiger partial charge in [-0.15, -0.1) is 0 Å². The van der Waals surface area contributed by atoms with Crippen LogP contribution in [0.2, 0.25) is 0 Å². The Morgan fingerprint density at radius 1 is 1.37 bits per heavy atom. The van der Waals surface area contributed by atoms with Crippen LogP contribution in [-0.2, 0) is 4.79 Å². The SMILES string of the molecule is CC(CNC(=O)NCCC1=CCCCC1)CC(=O)O. The number of carbonyl (C=O) groups is 2. The van der Waals surface area contributed by atoms with Gasteiger partial charge in [0.25, 0.3) is 0 Å². The van der Waals surface area contributed by atoms with Crippen LogP contribution in [0.15, 0.2) is 11.6 Å². The number of amides is 2. The molecule has 3 N–H and O–H groups in total. The van der Waals surface area contributed by atoms with Gasteiger partial charge in [-0.05, 0) is 38.0 Å². The summed E-state index contributed by atoms with van der Waals surface area (Å²) >= 11 is 0. The van der Waals surface area contributed by atoms with Crippen molar-refractivity contribution in [3.8, 4) is 0 Å². The molecule has 0 bridgehead atoms. The predicted octanol–water partition coefficient (Wildman–Crippen LogP) is 2.29. The first-order chi connectivity index (χ1) is 9.08. The van der Waals surface area contributed by atoms with Gasteiger partial charge in [0.15, 0.2) is 0 Å². The van der Waals surface area contributed by atoms with Crippen molar-refractivity contribution in [2.24, 2.45) is 5.92 Å². The third-order valence-corrected chi connectivity index (χ3v) is 3.25. The third-order valence-electron chi connectivity index (χ3n) is 3.25. The molecule has 108 valence electrons. The first kappa shape index (κ1) is 15.5. The molecule has 1 aliphatic rings. The third kappa shape index (κ3) is 7.49. The highest BCUT2D eigenvalue weighted by atomic mass is 16.4. The van der Waals surface area contributed by atoms with Crippen molar-refractivity contribution in [2.45, 2.75) is 45.4 Å². The second-order valence-electron chi connectivity index (χ2n) is 5.20. The van der Waals surface area contributed by atoms with Gasteiger partial charge in [-0.25, -0.2) is 4.79 Å². The summed E-state index contributed by atoms with van der Waals surface area (Å²) in [6.45, 7) is 2.84. The molecule has 0 heterocycles. The van der Waals surface area contributed by atoms with Crippen molar-refractivity contribution in [3.05, 3.63) is 11.6 Å². The van der Waals surface area contributed by atoms with Crippen molar-refractivity contribution in [1.82, 2.24) is 10.6 Å². The number of carboxylic acids is 1. The van der Waals surface area contributed by atoms with E-state index in [1.807, 2.05) is 0 Å². The Balaban J connectivity index is 2.07. The zero-order valence-corrected chi connectivity index (χ0v) is 11.6. The van der Waals surface area contributed by atoms with Gasteiger partial charge in [-0.1, -0.05) is 18.6 Å². The second kappa shape index (κ2) is 8.56. The van der Waals surface area contributed by atoms with E-state index in [0.29, 0.717) is 13.1 Å². The summed E-state index contributed by atoms with van der Waals surface area (Å²) in [6, 6.07) is -0.214. The molecule has 0 radical (unpaired) electrons. The van der Waals surface area contributed by atoms with Gasteiger partial charge in [0.2, 0.25) is 0 Å². The summed E-state index contributed by atoms with van der Waals surface area (Å²) in [6.07, 6.45) is 8.11. The van der Waals surface area contributed by atoms with Crippen LogP contribution in [0, 0.1) is 5.92 Å². The molecule has 1 atom stereocenters. The second-order valence-corrected chi connectivity index (χ2v) is 5.20. The molecule has 5 nitrogen and oxygen atoms in total. The summed E-state index contributed by atoms with van der Waals surface area (Å²) < 4.78 is 0. The Bertz CT molecular complexity index is 340. The van der Waals surface area contributed by atoms with Gasteiger partial charge in [0.05, 0.1) is 0 Å². The van der Waals surface area contributed by atoms with E-state index < -0.39 is 5.97 Å². The highest BCUT2D eigenvalue weighted by molar-refractivity contribution is 5.74. The van der Waals surface area contributed by atoms with Crippen LogP contribution >= 0.6 is 0 Å². The molecule has 1 rings (SSSR count). The maximum absolute atomic E-state index is 11.5. The maximum Gasteiger partial charge on any atom is 0.314 e. The lowest BCUT2D eigenvalue weighted by Crippen LogP contribution is -2.38. The molecular weight excluding hydrogens is 244 g/mol. The quantitative estimate of drug-likeness (QED) is 0.620. The van der Waals surface area contributed by atoms with Crippen LogP contribution in [0.5, 0.6) is 0 Å². The Morgan fingerprint density at radius 3 is 2.79 bits per heavy atom. The monoisotopic (exact) mass is 268 g/mol. The topological polar surface area (TPSA) is 78.4 Å². The zero-order valence-electron chi connectivity index (χ0n) is 11.6. The smallest absolute Gasteiger partial charge is 0.314 e. The fourth-order valence-electron chi connectivity index (χ4n) is 2.17. The fourth-order valence-corrected chi connectivity index (χ4v) is 2.17. The molecule has 0 saturated carbocycles. The lowest BCUT2D eigenvalue weighted by atomic mass is 9.97. The van der Waals surface area contributed by atoms with Gasteiger partial charge in [0, 0.05) is 19.5 Å². The summed E-state index contributed by atoms with van der Waals surface area (Å²) in [7, 11) is 0. The zero-order chi connectivity index (χ0) is 14.1. The molecule has 0 aromatic rings. The summed E-state index contributed by atoms with van der Waals surface area (Å²) in [5, 5.41) is 14.1. The van der Waals surface area contributed by atoms with E-state index in [9.17, 15) is 9.59 Å². The van der Waals surface area contributed by atoms with Crippen molar-refractivity contribution < 1.29 is 14.7 Å². The Morgan fingerprint density at radius 2 is 2.16 bits per heavy atom. The lowest BCUT2D eigenvalue weighted by molar-refractivity contribution is -0.137. The first-order valence-corrected chi connectivity index (χ1v) is 6.99. The predicted molar refractivity (Wildman–Crippen MR) is 74.0 cm³/mol. The van der Waals surface area contributed by atoms with E-state index in [4.69, 9.17) is 5.11 Å². The van der Waals surface area contributed by atoms with E-state index in [2.05, 4.69) is 16.7 Å². The average molecular weight is 268 g/mol. The molecule has 2 amide bonds. The van der Waals surface area contributed by atoms with Crippen LogP contribution in [0.1, 0.15) is 45.4 Å². The number of hydrogen-bond acceptors (Lipinski definition) is 2. The van der Waals surface area contributed by atoms with Crippen LogP contribution in [0.3, 0.4) is 0 Å². The van der Waals surface area contributed by atoms with E-state index >= 15 is 0 Å². The molecule has 0 saturated heterocycles. The molecular formula is C14H24N2O3. The molecule has 0 aliphatic heterocycles. The Hall–Kier alpha value is -1.52. The standard InChI is InChI=1S/C14H24N2O3/c1-11(9-13(17)18)10-16-14(19)15-8-7-12-5-3-2-4-6-12/h5,11H,2-4,6-10H2,1H3,(H,17,18)(H2,15,16,19). The fraction of sp³-hybridized carbons (Fsp3) is 0.714. The van der Waals surface area contributed by atoms with E-state index in [1.54, 1.807) is 6.92 Å². The molecule has 0 aromatic carbocycles. The summed E-state index contributed by atoms with van der Waals surface area (Å²) in [5.41, 5.74) is 1.44. The number of hydrogen-bond donors (Lipinski definition) is 3. The first-order valence-electron chi connectivity index (χ1n) is 6.99. The molecule has 0 fully saturated rings. The maximum atomic E-state index is 11.5. The molecule has 1 aliphatic carbocycles. The summed E-state index contributed by atoms with van der Waals surface area (Å²) in [5.74, 6) is -0.886. The minimum atomic E-state index is -0.834. The number of carboxylic acid groups (broad SMARTS) is 1. The van der Waals surface area contributed by atoms with Crippen LogP contribution < -0.4 is 10.6 Å². The van der Waals surface area contributed by atoms with Gasteiger partial charge < -0.3 is 15.7 Å². The van der Waals surface area contributed by atoms with Crippen molar-refractivity contribution in [2.75, 3.05) is 13.1 Å². The van der Waals surface area contributed by atoms with Crippen LogP contribution in [0.25, 0.3) is 0 Å². The Kier molecular flexibility index (Phi) is 7.00. The van der Waals surface area contributed by atoms with Crippen LogP contribution in [0.4, 0.5) is 4.79 Å². The molecule has 5 heteroatoms. The lowest BCUT2D eigenvalue weighted by Gasteiger charge is -2.14. The largest absolute Gasteiger partial charge is 0.481 e. The van der Waals surface area contributed by atoms with Gasteiger partial charge in [0.1, 0.15) is 0 Å². The molecule has 0 aromatic heterocycles. The van der Waals surface area contributed by atoms with Crippen molar-refractivity contribution >= 4 is 12.0 Å². The van der Waals surface area contributed by atoms with Crippen molar-refractivity contribution in [1.29, 1.82) is 0 Å². The van der Waals surface area contributed by atoms with Gasteiger partial charge in [-0.2, -0.15) is 0 Å². The summed E-state index contributed by atoms with van der Waals surface area (Å²) in [4.78, 5) is 22.0. The molecule has 0 spiro atoms. The minimum Gasteiger partial charge on any atom is -0.481 e. The minimum absolute atomic E-state index is 0.0516. The number of rotatable bonds is 7. The number of carbonyl (C=O) groups excluding carboxylic acids is 1. The number of nitrogens with one attached hydrogen (secondary N) is 2. The van der Waals surface area contributed by atoms with E-state index in [0.717, 1.165) is 19.3 Å². The average Bonchev–Trinajstić information content (AvgIpc) is 2.37. The number of aliphatic carboxylic acids is 1. The van der Waals surface area contributed by atoms with Crippen molar-refractivity contribution in [3.63, 3.8) is 0 Å². The number of allylic oxidation sites excluding steroid dienone is 1. The van der Waals surface area contributed by atoms with Crippen LogP contribution in [-0.4, -0.2) is 30.2 Å². The highest BCUT2D eigenvalue weighted by Crippen LogP contribution is 2.19. The number of urea groups is 1. The molecule has 1 unspecified atom stereocenters.